The normalized spacial score (nSPS) is 11.2. The Labute approximate surface area is 119 Å². The van der Waals surface area contributed by atoms with Gasteiger partial charge in [0, 0.05) is 31.9 Å². The van der Waals surface area contributed by atoms with Gasteiger partial charge in [0.15, 0.2) is 5.75 Å². The third-order valence-corrected chi connectivity index (χ3v) is 3.47. The van der Waals surface area contributed by atoms with Crippen molar-refractivity contribution in [2.45, 2.75) is 32.3 Å². The maximum absolute atomic E-state index is 11.0. The van der Waals surface area contributed by atoms with Crippen LogP contribution >= 0.6 is 0 Å². The van der Waals surface area contributed by atoms with E-state index in [2.05, 4.69) is 0 Å². The highest BCUT2D eigenvalue weighted by atomic mass is 16.6. The molecule has 0 spiro atoms. The fraction of sp³-hybridized carbons (Fsp3) is 0.571. The summed E-state index contributed by atoms with van der Waals surface area (Å²) in [6.45, 7) is 3.76. The van der Waals surface area contributed by atoms with Crippen molar-refractivity contribution in [2.24, 2.45) is 0 Å². The summed E-state index contributed by atoms with van der Waals surface area (Å²) in [4.78, 5) is 12.4. The summed E-state index contributed by atoms with van der Waals surface area (Å²) in [5.41, 5.74) is -0.241. The monoisotopic (exact) mass is 282 g/mol. The maximum atomic E-state index is 11.0. The molecule has 0 heterocycles. The number of hydrogen-bond donors (Lipinski definition) is 1. The molecular formula is C14H22N2O4. The van der Waals surface area contributed by atoms with E-state index >= 15 is 0 Å². The number of anilines is 1. The highest BCUT2D eigenvalue weighted by Crippen LogP contribution is 2.32. The number of hydrogen-bond acceptors (Lipinski definition) is 5. The summed E-state index contributed by atoms with van der Waals surface area (Å²) >= 11 is 0. The molecule has 0 saturated carbocycles. The molecule has 0 aliphatic heterocycles. The molecule has 0 bridgehead atoms. The second-order valence-electron chi connectivity index (χ2n) is 5.02. The smallest absolute Gasteiger partial charge is 0.311 e. The van der Waals surface area contributed by atoms with Crippen molar-refractivity contribution in [1.82, 2.24) is 0 Å². The van der Waals surface area contributed by atoms with Crippen LogP contribution in [0.2, 0.25) is 0 Å². The lowest BCUT2D eigenvalue weighted by Gasteiger charge is -2.25. The van der Waals surface area contributed by atoms with Gasteiger partial charge < -0.3 is 14.7 Å². The first-order valence-electron chi connectivity index (χ1n) is 6.64. The largest absolute Gasteiger partial charge is 0.484 e. The Morgan fingerprint density at radius 2 is 1.95 bits per heavy atom. The van der Waals surface area contributed by atoms with Gasteiger partial charge >= 0.3 is 5.69 Å². The quantitative estimate of drug-likeness (QED) is 0.614. The molecule has 0 saturated heterocycles. The Bertz CT molecular complexity index is 470. The molecule has 6 heteroatoms. The molecule has 0 atom stereocenters. The van der Waals surface area contributed by atoms with Crippen molar-refractivity contribution in [3.8, 4) is 5.75 Å². The van der Waals surface area contributed by atoms with Crippen LogP contribution in [0, 0.1) is 10.1 Å². The van der Waals surface area contributed by atoms with Crippen LogP contribution in [0.4, 0.5) is 11.4 Å². The fourth-order valence-corrected chi connectivity index (χ4v) is 1.71. The van der Waals surface area contributed by atoms with Gasteiger partial charge in [0.05, 0.1) is 10.5 Å². The Kier molecular flexibility index (Phi) is 5.33. The summed E-state index contributed by atoms with van der Waals surface area (Å²) in [7, 11) is 3.69. The number of rotatable bonds is 7. The van der Waals surface area contributed by atoms with E-state index in [1.54, 1.807) is 12.1 Å². The highest BCUT2D eigenvalue weighted by Gasteiger charge is 2.25. The zero-order chi connectivity index (χ0) is 15.3. The number of nitro groups is 1. The van der Waals surface area contributed by atoms with Gasteiger partial charge in [-0.3, -0.25) is 10.1 Å². The van der Waals surface area contributed by atoms with Crippen molar-refractivity contribution in [2.75, 3.05) is 25.6 Å². The zero-order valence-electron chi connectivity index (χ0n) is 12.4. The van der Waals surface area contributed by atoms with Crippen LogP contribution in [-0.2, 0) is 0 Å². The first kappa shape index (κ1) is 16.2. The molecule has 0 unspecified atom stereocenters. The minimum absolute atomic E-state index is 0.0394. The van der Waals surface area contributed by atoms with Crippen molar-refractivity contribution in [1.29, 1.82) is 0 Å². The second-order valence-corrected chi connectivity index (χ2v) is 5.02. The molecular weight excluding hydrogens is 260 g/mol. The molecule has 0 radical (unpaired) electrons. The third kappa shape index (κ3) is 3.84. The van der Waals surface area contributed by atoms with Crippen molar-refractivity contribution < 1.29 is 14.8 Å². The molecule has 0 aliphatic rings. The molecule has 0 amide bonds. The lowest BCUT2D eigenvalue weighted by molar-refractivity contribution is -0.386. The molecule has 112 valence electrons. The van der Waals surface area contributed by atoms with E-state index < -0.39 is 10.5 Å². The summed E-state index contributed by atoms with van der Waals surface area (Å²) in [6, 6.07) is 4.70. The molecule has 1 N–H and O–H groups in total. The van der Waals surface area contributed by atoms with Crippen LogP contribution in [0.15, 0.2) is 18.2 Å². The number of nitro benzene ring substituents is 1. The average Bonchev–Trinajstić information content (AvgIpc) is 2.44. The SMILES string of the molecule is CCC(O)(CC)COc1cc(N(C)C)ccc1[N+](=O)[O-]. The van der Waals surface area contributed by atoms with Gasteiger partial charge in [-0.2, -0.15) is 0 Å². The summed E-state index contributed by atoms with van der Waals surface area (Å²) in [6.07, 6.45) is 1.06. The predicted molar refractivity (Wildman–Crippen MR) is 78.5 cm³/mol. The van der Waals surface area contributed by atoms with Gasteiger partial charge in [-0.1, -0.05) is 13.8 Å². The van der Waals surface area contributed by atoms with E-state index in [-0.39, 0.29) is 18.0 Å². The van der Waals surface area contributed by atoms with Gasteiger partial charge in [-0.05, 0) is 18.9 Å². The average molecular weight is 282 g/mol. The lowest BCUT2D eigenvalue weighted by atomic mass is 9.99. The molecule has 1 aromatic carbocycles. The van der Waals surface area contributed by atoms with E-state index in [0.717, 1.165) is 5.69 Å². The number of benzene rings is 1. The first-order chi connectivity index (χ1) is 9.33. The van der Waals surface area contributed by atoms with Gasteiger partial charge in [0.1, 0.15) is 6.61 Å². The van der Waals surface area contributed by atoms with E-state index in [1.165, 1.54) is 6.07 Å². The first-order valence-corrected chi connectivity index (χ1v) is 6.64. The second kappa shape index (κ2) is 6.56. The molecule has 1 aromatic rings. The number of ether oxygens (including phenoxy) is 1. The maximum Gasteiger partial charge on any atom is 0.311 e. The molecule has 0 aromatic heterocycles. The minimum atomic E-state index is -0.956. The highest BCUT2D eigenvalue weighted by molar-refractivity contribution is 5.58. The van der Waals surface area contributed by atoms with Gasteiger partial charge in [0.25, 0.3) is 0 Å². The van der Waals surface area contributed by atoms with E-state index in [4.69, 9.17) is 4.74 Å². The van der Waals surface area contributed by atoms with E-state index in [0.29, 0.717) is 12.8 Å². The topological polar surface area (TPSA) is 75.8 Å². The van der Waals surface area contributed by atoms with Crippen LogP contribution in [0.25, 0.3) is 0 Å². The molecule has 20 heavy (non-hydrogen) atoms. The standard InChI is InChI=1S/C14H22N2O4/c1-5-14(17,6-2)10-20-13-9-11(15(3)4)7-8-12(13)16(18)19/h7-9,17H,5-6,10H2,1-4H3. The van der Waals surface area contributed by atoms with E-state index in [9.17, 15) is 15.2 Å². The summed E-state index contributed by atoms with van der Waals surface area (Å²) in [5.74, 6) is 0.182. The minimum Gasteiger partial charge on any atom is -0.484 e. The van der Waals surface area contributed by atoms with Crippen LogP contribution in [-0.4, -0.2) is 36.3 Å². The van der Waals surface area contributed by atoms with Gasteiger partial charge in [0.2, 0.25) is 0 Å². The van der Waals surface area contributed by atoms with Gasteiger partial charge in [-0.15, -0.1) is 0 Å². The summed E-state index contributed by atoms with van der Waals surface area (Å²) in [5, 5.41) is 21.2. The van der Waals surface area contributed by atoms with Crippen LogP contribution in [0.3, 0.4) is 0 Å². The number of nitrogens with zero attached hydrogens (tertiary/aromatic N) is 2. The molecule has 0 aliphatic carbocycles. The number of aliphatic hydroxyl groups is 1. The van der Waals surface area contributed by atoms with Crippen molar-refractivity contribution in [3.63, 3.8) is 0 Å². The van der Waals surface area contributed by atoms with Gasteiger partial charge in [-0.25, -0.2) is 0 Å². The Morgan fingerprint density at radius 3 is 2.40 bits per heavy atom. The Balaban J connectivity index is 3.02. The molecule has 1 rings (SSSR count). The third-order valence-electron chi connectivity index (χ3n) is 3.47. The van der Waals surface area contributed by atoms with E-state index in [1.807, 2.05) is 32.8 Å². The molecule has 6 nitrogen and oxygen atoms in total. The fourth-order valence-electron chi connectivity index (χ4n) is 1.71. The summed E-state index contributed by atoms with van der Waals surface area (Å²) < 4.78 is 5.52. The van der Waals surface area contributed by atoms with Crippen LogP contribution in [0.1, 0.15) is 26.7 Å². The van der Waals surface area contributed by atoms with Crippen molar-refractivity contribution in [3.05, 3.63) is 28.3 Å². The Hall–Kier alpha value is -1.82. The van der Waals surface area contributed by atoms with Crippen LogP contribution in [0.5, 0.6) is 5.75 Å². The van der Waals surface area contributed by atoms with Crippen molar-refractivity contribution >= 4 is 11.4 Å². The Morgan fingerprint density at radius 1 is 1.35 bits per heavy atom. The van der Waals surface area contributed by atoms with Crippen LogP contribution < -0.4 is 9.64 Å². The predicted octanol–water partition coefficient (Wildman–Crippen LogP) is 2.59. The molecule has 0 fully saturated rings. The zero-order valence-corrected chi connectivity index (χ0v) is 12.4. The lowest BCUT2D eigenvalue weighted by Crippen LogP contribution is -2.34.